The van der Waals surface area contributed by atoms with E-state index in [1.807, 2.05) is 6.08 Å². The average Bonchev–Trinajstić information content (AvgIpc) is 3.08. The third-order valence-electron chi connectivity index (χ3n) is 9.50. The van der Waals surface area contributed by atoms with Crippen molar-refractivity contribution in [2.45, 2.75) is 85.0 Å². The molecule has 2 fully saturated rings. The van der Waals surface area contributed by atoms with Gasteiger partial charge in [-0.3, -0.25) is 4.79 Å². The summed E-state index contributed by atoms with van der Waals surface area (Å²) in [4.78, 5) is 11.4. The molecule has 0 aromatic rings. The van der Waals surface area contributed by atoms with E-state index >= 15 is 0 Å². The molecular weight excluding hydrogens is 372 g/mol. The second kappa shape index (κ2) is 8.20. The van der Waals surface area contributed by atoms with Gasteiger partial charge in [-0.2, -0.15) is 0 Å². The molecule has 6 atom stereocenters. The first-order chi connectivity index (χ1) is 14.3. The second-order valence-electron chi connectivity index (χ2n) is 11.0. The number of hydrogen-bond donors (Lipinski definition) is 1. The summed E-state index contributed by atoms with van der Waals surface area (Å²) in [5.74, 6) is 3.34. The summed E-state index contributed by atoms with van der Waals surface area (Å²) < 4.78 is 4.78. The highest BCUT2D eigenvalue weighted by Crippen LogP contribution is 2.65. The number of allylic oxidation sites excluding steroid dienone is 6. The molecule has 4 aliphatic carbocycles. The number of ether oxygens (including phenoxy) is 1. The largest absolute Gasteiger partial charge is 0.512 e. The first-order valence-corrected chi connectivity index (χ1v) is 12.2. The Balaban J connectivity index is 1.47. The summed E-state index contributed by atoms with van der Waals surface area (Å²) in [5.41, 5.74) is 3.68. The first kappa shape index (κ1) is 21.7. The molecule has 0 unspecified atom stereocenters. The van der Waals surface area contributed by atoms with Gasteiger partial charge in [-0.15, -0.1) is 0 Å². The lowest BCUT2D eigenvalue weighted by Crippen LogP contribution is -2.45. The van der Waals surface area contributed by atoms with E-state index in [0.29, 0.717) is 29.4 Å². The zero-order chi connectivity index (χ0) is 21.5. The quantitative estimate of drug-likeness (QED) is 0.381. The number of methoxy groups -OCH3 is 1. The highest BCUT2D eigenvalue weighted by atomic mass is 16.5. The minimum Gasteiger partial charge on any atom is -0.512 e. The number of rotatable bonds is 6. The van der Waals surface area contributed by atoms with Crippen molar-refractivity contribution in [1.29, 1.82) is 0 Å². The lowest BCUT2D eigenvalue weighted by Gasteiger charge is -2.54. The Morgan fingerprint density at radius 3 is 2.73 bits per heavy atom. The van der Waals surface area contributed by atoms with E-state index in [4.69, 9.17) is 4.74 Å². The normalized spacial score (nSPS) is 38.4. The maximum Gasteiger partial charge on any atom is 0.305 e. The van der Waals surface area contributed by atoms with Crippen LogP contribution in [0.15, 0.2) is 35.1 Å². The Kier molecular flexibility index (Phi) is 5.94. The van der Waals surface area contributed by atoms with Crippen LogP contribution in [-0.2, 0) is 9.53 Å². The molecule has 4 rings (SSSR count). The molecule has 0 aromatic carbocycles. The third kappa shape index (κ3) is 3.56. The van der Waals surface area contributed by atoms with Crippen molar-refractivity contribution in [3.05, 3.63) is 35.1 Å². The van der Waals surface area contributed by atoms with Crippen molar-refractivity contribution in [1.82, 2.24) is 0 Å². The van der Waals surface area contributed by atoms with E-state index in [0.717, 1.165) is 37.5 Å². The van der Waals surface area contributed by atoms with Crippen LogP contribution in [-0.4, -0.2) is 18.2 Å². The van der Waals surface area contributed by atoms with E-state index < -0.39 is 0 Å². The highest BCUT2D eigenvalue weighted by molar-refractivity contribution is 5.68. The molecular formula is C27H40O3. The fraction of sp³-hybridized carbons (Fsp3) is 0.741. The average molecular weight is 413 g/mol. The van der Waals surface area contributed by atoms with Crippen LogP contribution in [0.5, 0.6) is 0 Å². The molecule has 0 radical (unpaired) electrons. The summed E-state index contributed by atoms with van der Waals surface area (Å²) in [5, 5.41) is 10.1. The minimum absolute atomic E-state index is 0.0788. The van der Waals surface area contributed by atoms with Gasteiger partial charge >= 0.3 is 5.97 Å². The Morgan fingerprint density at radius 1 is 1.17 bits per heavy atom. The minimum atomic E-state index is -0.0788. The predicted molar refractivity (Wildman–Crippen MR) is 121 cm³/mol. The van der Waals surface area contributed by atoms with Crippen LogP contribution >= 0.6 is 0 Å². The van der Waals surface area contributed by atoms with Crippen LogP contribution < -0.4 is 0 Å². The fourth-order valence-corrected chi connectivity index (χ4v) is 7.68. The standard InChI is InChI=1S/C27H40O3/c1-18(7-5-6-8-25(29)30-4)22-11-12-23-21-10-9-19-17-20(28)13-15-26(19,2)24(21)14-16-27(22,23)3/h9-10,17-18,22-24,28H,5-8,11-16H2,1-4H3/t18-,22-,23+,24+,26+,27-/m1/s1. The Morgan fingerprint density at radius 2 is 1.97 bits per heavy atom. The van der Waals surface area contributed by atoms with Crippen molar-refractivity contribution >= 4 is 5.97 Å². The molecule has 3 heteroatoms. The molecule has 30 heavy (non-hydrogen) atoms. The van der Waals surface area contributed by atoms with E-state index in [1.54, 1.807) is 5.57 Å². The number of carbonyl (C=O) groups excluding carboxylic acids is 1. The van der Waals surface area contributed by atoms with Crippen molar-refractivity contribution in [2.75, 3.05) is 7.11 Å². The number of esters is 1. The van der Waals surface area contributed by atoms with Crippen molar-refractivity contribution in [3.8, 4) is 0 Å². The molecule has 0 bridgehead atoms. The van der Waals surface area contributed by atoms with Gasteiger partial charge in [0.15, 0.2) is 0 Å². The zero-order valence-electron chi connectivity index (χ0n) is 19.4. The molecule has 3 nitrogen and oxygen atoms in total. The van der Waals surface area contributed by atoms with Gasteiger partial charge in [-0.25, -0.2) is 0 Å². The van der Waals surface area contributed by atoms with Gasteiger partial charge in [0.05, 0.1) is 12.9 Å². The van der Waals surface area contributed by atoms with Gasteiger partial charge in [0.25, 0.3) is 0 Å². The van der Waals surface area contributed by atoms with Crippen LogP contribution in [0.1, 0.15) is 85.0 Å². The van der Waals surface area contributed by atoms with Gasteiger partial charge in [0.2, 0.25) is 0 Å². The lowest BCUT2D eigenvalue weighted by atomic mass is 9.50. The molecule has 2 saturated carbocycles. The van der Waals surface area contributed by atoms with E-state index in [2.05, 4.69) is 32.9 Å². The SMILES string of the molecule is COC(=O)CCCC[C@@H](C)[C@H]1CC[C@H]2C3=CC=C4C=C(O)CC[C@]4(C)[C@H]3CC[C@]12C. The van der Waals surface area contributed by atoms with Gasteiger partial charge in [-0.05, 0) is 84.7 Å². The van der Waals surface area contributed by atoms with Gasteiger partial charge in [-0.1, -0.05) is 51.3 Å². The van der Waals surface area contributed by atoms with Crippen molar-refractivity contribution in [2.24, 2.45) is 34.5 Å². The summed E-state index contributed by atoms with van der Waals surface area (Å²) in [7, 11) is 1.48. The fourth-order valence-electron chi connectivity index (χ4n) is 7.68. The number of carbonyl (C=O) groups is 1. The zero-order valence-corrected chi connectivity index (χ0v) is 19.4. The van der Waals surface area contributed by atoms with E-state index in [1.165, 1.54) is 44.8 Å². The van der Waals surface area contributed by atoms with Crippen LogP contribution in [0, 0.1) is 34.5 Å². The predicted octanol–water partition coefficient (Wildman–Crippen LogP) is 6.91. The molecule has 0 aromatic heterocycles. The Bertz CT molecular complexity index is 775. The summed E-state index contributed by atoms with van der Waals surface area (Å²) in [6.45, 7) is 7.47. The molecule has 0 amide bonds. The topological polar surface area (TPSA) is 46.5 Å². The van der Waals surface area contributed by atoms with Gasteiger partial charge in [0, 0.05) is 12.8 Å². The van der Waals surface area contributed by atoms with E-state index in [-0.39, 0.29) is 11.4 Å². The second-order valence-corrected chi connectivity index (χ2v) is 11.0. The van der Waals surface area contributed by atoms with Gasteiger partial charge in [0.1, 0.15) is 0 Å². The molecule has 0 spiro atoms. The first-order valence-electron chi connectivity index (χ1n) is 12.2. The molecule has 0 saturated heterocycles. The highest BCUT2D eigenvalue weighted by Gasteiger charge is 2.56. The van der Waals surface area contributed by atoms with Crippen molar-refractivity contribution in [3.63, 3.8) is 0 Å². The molecule has 0 aliphatic heterocycles. The van der Waals surface area contributed by atoms with Crippen LogP contribution in [0.4, 0.5) is 0 Å². The monoisotopic (exact) mass is 412 g/mol. The number of unbranched alkanes of at least 4 members (excludes halogenated alkanes) is 1. The summed E-state index contributed by atoms with van der Waals surface area (Å²) in [6, 6.07) is 0. The maximum absolute atomic E-state index is 11.4. The third-order valence-corrected chi connectivity index (χ3v) is 9.50. The van der Waals surface area contributed by atoms with Crippen LogP contribution in [0.25, 0.3) is 0 Å². The van der Waals surface area contributed by atoms with Crippen LogP contribution in [0.3, 0.4) is 0 Å². The summed E-state index contributed by atoms with van der Waals surface area (Å²) in [6.07, 6.45) is 17.8. The summed E-state index contributed by atoms with van der Waals surface area (Å²) >= 11 is 0. The van der Waals surface area contributed by atoms with Crippen molar-refractivity contribution < 1.29 is 14.6 Å². The number of aliphatic hydroxyl groups is 1. The Labute approximate surface area is 182 Å². The smallest absolute Gasteiger partial charge is 0.305 e. The molecule has 4 aliphatic rings. The molecule has 1 N–H and O–H groups in total. The van der Waals surface area contributed by atoms with Crippen LogP contribution in [0.2, 0.25) is 0 Å². The maximum atomic E-state index is 11.4. The number of aliphatic hydroxyl groups excluding tert-OH is 1. The molecule has 0 heterocycles. The van der Waals surface area contributed by atoms with Gasteiger partial charge < -0.3 is 9.84 Å². The lowest BCUT2D eigenvalue weighted by molar-refractivity contribution is -0.140. The number of hydrogen-bond acceptors (Lipinski definition) is 3. The van der Waals surface area contributed by atoms with E-state index in [9.17, 15) is 9.90 Å². The number of fused-ring (bicyclic) bond motifs is 5. The molecule has 166 valence electrons. The Hall–Kier alpha value is -1.51.